The molecule has 214 valence electrons. The van der Waals surface area contributed by atoms with E-state index in [0.29, 0.717) is 37.2 Å². The van der Waals surface area contributed by atoms with E-state index in [9.17, 15) is 9.59 Å². The van der Waals surface area contributed by atoms with Gasteiger partial charge in [-0.15, -0.1) is 0 Å². The van der Waals surface area contributed by atoms with Gasteiger partial charge in [0, 0.05) is 43.2 Å². The van der Waals surface area contributed by atoms with Crippen molar-refractivity contribution in [3.63, 3.8) is 0 Å². The molecule has 3 N–H and O–H groups in total. The molecule has 2 saturated heterocycles. The van der Waals surface area contributed by atoms with Crippen molar-refractivity contribution in [2.24, 2.45) is 11.8 Å². The number of nitrogens with one attached hydrogen (secondary N) is 3. The van der Waals surface area contributed by atoms with Crippen molar-refractivity contribution in [2.45, 2.75) is 70.3 Å². The maximum absolute atomic E-state index is 13.4. The molecule has 0 bridgehead atoms. The molecule has 1 aromatic rings. The van der Waals surface area contributed by atoms with Crippen LogP contribution >= 0.6 is 11.6 Å². The summed E-state index contributed by atoms with van der Waals surface area (Å²) in [5.74, 6) is 0.631. The van der Waals surface area contributed by atoms with E-state index in [1.165, 1.54) is 7.11 Å². The third-order valence-electron chi connectivity index (χ3n) is 7.40. The molecule has 2 heterocycles. The lowest BCUT2D eigenvalue weighted by molar-refractivity contribution is -0.0547. The first kappa shape index (κ1) is 30.5. The second kappa shape index (κ2) is 15.5. The summed E-state index contributed by atoms with van der Waals surface area (Å²) in [6.07, 6.45) is 4.58. The molecule has 2 unspecified atom stereocenters. The minimum atomic E-state index is -0.491. The average Bonchev–Trinajstić information content (AvgIpc) is 2.88. The van der Waals surface area contributed by atoms with E-state index < -0.39 is 6.09 Å². The summed E-state index contributed by atoms with van der Waals surface area (Å²) in [6.45, 7) is 6.94. The van der Waals surface area contributed by atoms with E-state index in [-0.39, 0.29) is 36.3 Å². The second-order valence-corrected chi connectivity index (χ2v) is 11.1. The first-order valence-electron chi connectivity index (χ1n) is 13.8. The van der Waals surface area contributed by atoms with Crippen molar-refractivity contribution in [3.05, 3.63) is 34.9 Å². The smallest absolute Gasteiger partial charge is 0.406 e. The molecule has 2 fully saturated rings. The van der Waals surface area contributed by atoms with Gasteiger partial charge in [0.2, 0.25) is 0 Å². The number of likely N-dealkylation sites (tertiary alicyclic amines) is 1. The van der Waals surface area contributed by atoms with E-state index in [2.05, 4.69) is 34.5 Å². The number of carbonyl (C=O) groups is 2. The fourth-order valence-electron chi connectivity index (χ4n) is 5.88. The number of likely N-dealkylation sites (N-methyl/N-ethyl adjacent to an activating group) is 1. The Morgan fingerprint density at radius 2 is 2.00 bits per heavy atom. The van der Waals surface area contributed by atoms with Crippen molar-refractivity contribution in [3.8, 4) is 0 Å². The molecule has 0 radical (unpaired) electrons. The number of halogens is 1. The lowest BCUT2D eigenvalue weighted by atomic mass is 9.87. The Balaban J connectivity index is 1.63. The van der Waals surface area contributed by atoms with Crippen LogP contribution in [0.1, 0.15) is 57.6 Å². The molecule has 0 saturated carbocycles. The van der Waals surface area contributed by atoms with Crippen molar-refractivity contribution < 1.29 is 23.8 Å². The summed E-state index contributed by atoms with van der Waals surface area (Å²) >= 11 is 6.30. The number of methoxy groups -OCH3 is 1. The zero-order valence-corrected chi connectivity index (χ0v) is 24.0. The van der Waals surface area contributed by atoms with E-state index in [0.717, 1.165) is 44.2 Å². The van der Waals surface area contributed by atoms with Gasteiger partial charge in [-0.25, -0.2) is 9.59 Å². The summed E-state index contributed by atoms with van der Waals surface area (Å²) < 4.78 is 16.8. The van der Waals surface area contributed by atoms with Gasteiger partial charge in [0.15, 0.2) is 0 Å². The number of carbonyl (C=O) groups excluding carboxylic acids is 2. The summed E-state index contributed by atoms with van der Waals surface area (Å²) in [6, 6.07) is 7.69. The molecule has 1 aromatic carbocycles. The summed E-state index contributed by atoms with van der Waals surface area (Å²) in [7, 11) is 3.26. The molecule has 2 aliphatic rings. The number of hydrogen-bond donors (Lipinski definition) is 3. The van der Waals surface area contributed by atoms with Crippen LogP contribution in [-0.4, -0.2) is 82.2 Å². The van der Waals surface area contributed by atoms with Crippen molar-refractivity contribution in [1.82, 2.24) is 20.9 Å². The maximum atomic E-state index is 13.4. The molecule has 0 aromatic heterocycles. The predicted molar refractivity (Wildman–Crippen MR) is 148 cm³/mol. The Bertz CT molecular complexity index is 881. The molecule has 6 atom stereocenters. The number of rotatable bonds is 11. The van der Waals surface area contributed by atoms with Crippen molar-refractivity contribution >= 4 is 23.7 Å². The number of ether oxygens (including phenoxy) is 3. The molecule has 2 aliphatic heterocycles. The molecule has 10 heteroatoms. The van der Waals surface area contributed by atoms with Gasteiger partial charge < -0.3 is 35.1 Å². The van der Waals surface area contributed by atoms with Gasteiger partial charge in [0.05, 0.1) is 32.0 Å². The van der Waals surface area contributed by atoms with Gasteiger partial charge in [-0.3, -0.25) is 0 Å². The number of hydrogen-bond acceptors (Lipinski definition) is 6. The van der Waals surface area contributed by atoms with Crippen molar-refractivity contribution in [2.75, 3.05) is 46.9 Å². The minimum Gasteiger partial charge on any atom is -0.453 e. The minimum absolute atomic E-state index is 0.0275. The van der Waals surface area contributed by atoms with Gasteiger partial charge in [0.25, 0.3) is 0 Å². The van der Waals surface area contributed by atoms with Gasteiger partial charge in [-0.05, 0) is 76.6 Å². The van der Waals surface area contributed by atoms with Gasteiger partial charge >= 0.3 is 12.1 Å². The Labute approximate surface area is 232 Å². The highest BCUT2D eigenvalue weighted by molar-refractivity contribution is 6.30. The third-order valence-corrected chi connectivity index (χ3v) is 7.63. The van der Waals surface area contributed by atoms with Crippen LogP contribution in [0.4, 0.5) is 9.59 Å². The highest BCUT2D eigenvalue weighted by atomic mass is 35.5. The largest absolute Gasteiger partial charge is 0.453 e. The van der Waals surface area contributed by atoms with Crippen LogP contribution in [0, 0.1) is 11.8 Å². The monoisotopic (exact) mass is 552 g/mol. The van der Waals surface area contributed by atoms with Gasteiger partial charge in [-0.1, -0.05) is 23.7 Å². The number of amides is 3. The van der Waals surface area contributed by atoms with Gasteiger partial charge in [-0.2, -0.15) is 0 Å². The Morgan fingerprint density at radius 1 is 1.24 bits per heavy atom. The standard InChI is InChI=1S/C28H45ClN4O5/c1-19-13-21(14-20(2)38-19)15-25(17-30-3)32-27(34)33-11-6-8-23(18-33)26(22-7-5-9-24(29)16-22)37-12-10-31-28(35)36-4/h5,7,9,16,19-21,23,25-26,30H,6,8,10-15,17-18H2,1-4H3,(H,31,35)(H,32,34)/t19-,20+,21?,23-,25?,26+/m1/s1. The number of benzene rings is 1. The van der Waals surface area contributed by atoms with E-state index in [4.69, 9.17) is 21.1 Å². The van der Waals surface area contributed by atoms with Gasteiger partial charge in [0.1, 0.15) is 0 Å². The molecule has 0 spiro atoms. The molecule has 3 amide bonds. The Hall–Kier alpha value is -2.07. The van der Waals surface area contributed by atoms with Crippen LogP contribution in [0.25, 0.3) is 0 Å². The summed E-state index contributed by atoms with van der Waals surface area (Å²) in [5.41, 5.74) is 0.971. The van der Waals surface area contributed by atoms with Crippen LogP contribution < -0.4 is 16.0 Å². The van der Waals surface area contributed by atoms with Crippen LogP contribution in [-0.2, 0) is 14.2 Å². The normalized spacial score (nSPS) is 25.3. The first-order chi connectivity index (χ1) is 18.3. The first-order valence-corrected chi connectivity index (χ1v) is 14.2. The van der Waals surface area contributed by atoms with Crippen molar-refractivity contribution in [1.29, 1.82) is 0 Å². The topological polar surface area (TPSA) is 101 Å². The predicted octanol–water partition coefficient (Wildman–Crippen LogP) is 4.36. The molecular weight excluding hydrogens is 508 g/mol. The molecule has 38 heavy (non-hydrogen) atoms. The fraction of sp³-hybridized carbons (Fsp3) is 0.714. The highest BCUT2D eigenvalue weighted by Gasteiger charge is 2.33. The molecule has 3 rings (SSSR count). The Kier molecular flexibility index (Phi) is 12.4. The number of urea groups is 1. The maximum Gasteiger partial charge on any atom is 0.406 e. The zero-order valence-electron chi connectivity index (χ0n) is 23.2. The quantitative estimate of drug-likeness (QED) is 0.353. The lowest BCUT2D eigenvalue weighted by Crippen LogP contribution is -2.52. The second-order valence-electron chi connectivity index (χ2n) is 10.6. The molecular formula is C28H45ClN4O5. The third kappa shape index (κ3) is 9.59. The average molecular weight is 553 g/mol. The lowest BCUT2D eigenvalue weighted by Gasteiger charge is -2.38. The van der Waals surface area contributed by atoms with Crippen LogP contribution in [0.2, 0.25) is 5.02 Å². The number of nitrogens with zero attached hydrogens (tertiary/aromatic N) is 1. The SMILES string of the molecule is CNCC(CC1C[C@@H](C)O[C@@H](C)C1)NC(=O)N1CCC[C@@H]([C@@H](OCCNC(=O)OC)c2cccc(Cl)c2)C1. The number of piperidine rings is 1. The zero-order chi connectivity index (χ0) is 27.5. The molecule has 9 nitrogen and oxygen atoms in total. The fourth-order valence-corrected chi connectivity index (χ4v) is 6.08. The number of alkyl carbamates (subject to hydrolysis) is 1. The summed E-state index contributed by atoms with van der Waals surface area (Å²) in [5, 5.41) is 9.84. The molecule has 0 aliphatic carbocycles. The van der Waals surface area contributed by atoms with Crippen LogP contribution in [0.5, 0.6) is 0 Å². The van der Waals surface area contributed by atoms with E-state index in [1.807, 2.05) is 36.2 Å². The highest BCUT2D eigenvalue weighted by Crippen LogP contribution is 2.34. The van der Waals surface area contributed by atoms with Crippen LogP contribution in [0.3, 0.4) is 0 Å². The van der Waals surface area contributed by atoms with Crippen LogP contribution in [0.15, 0.2) is 24.3 Å². The van der Waals surface area contributed by atoms with E-state index >= 15 is 0 Å². The summed E-state index contributed by atoms with van der Waals surface area (Å²) in [4.78, 5) is 26.8. The Morgan fingerprint density at radius 3 is 2.68 bits per heavy atom. The van der Waals surface area contributed by atoms with E-state index in [1.54, 1.807) is 0 Å².